The number of carbonyl (C=O) groups excluding carboxylic acids is 3. The normalized spacial score (nSPS) is 15.1. The molecule has 6 heteroatoms. The Balaban J connectivity index is 1.66. The number of piperidine rings is 1. The molecule has 2 N–H and O–H groups in total. The SMILES string of the molecule is C=CCNC(=O)[C@@H](NC(=O)c1ccccc1)C1CCN(C(=O)c2ccc(C)cc2)CC1. The van der Waals surface area contributed by atoms with Gasteiger partial charge in [-0.15, -0.1) is 6.58 Å². The maximum atomic E-state index is 12.8. The van der Waals surface area contributed by atoms with Crippen LogP contribution in [0.15, 0.2) is 67.3 Å². The summed E-state index contributed by atoms with van der Waals surface area (Å²) in [5.74, 6) is -0.566. The van der Waals surface area contributed by atoms with Gasteiger partial charge in [0.25, 0.3) is 11.8 Å². The fourth-order valence-electron chi connectivity index (χ4n) is 3.81. The van der Waals surface area contributed by atoms with E-state index < -0.39 is 6.04 Å². The molecule has 0 unspecified atom stereocenters. The van der Waals surface area contributed by atoms with Gasteiger partial charge in [-0.1, -0.05) is 42.0 Å². The second kappa shape index (κ2) is 10.6. The molecule has 1 saturated heterocycles. The molecule has 6 nitrogen and oxygen atoms in total. The van der Waals surface area contributed by atoms with Gasteiger partial charge < -0.3 is 15.5 Å². The van der Waals surface area contributed by atoms with Gasteiger partial charge in [0, 0.05) is 30.8 Å². The molecule has 31 heavy (non-hydrogen) atoms. The Morgan fingerprint density at radius 2 is 1.68 bits per heavy atom. The Bertz CT molecular complexity index is 917. The molecular weight excluding hydrogens is 390 g/mol. The molecule has 1 atom stereocenters. The fourth-order valence-corrected chi connectivity index (χ4v) is 3.81. The van der Waals surface area contributed by atoms with Gasteiger partial charge in [-0.05, 0) is 49.9 Å². The van der Waals surface area contributed by atoms with Crippen molar-refractivity contribution in [3.63, 3.8) is 0 Å². The highest BCUT2D eigenvalue weighted by atomic mass is 16.2. The molecule has 0 saturated carbocycles. The highest BCUT2D eigenvalue weighted by Crippen LogP contribution is 2.23. The van der Waals surface area contributed by atoms with E-state index in [1.54, 1.807) is 30.3 Å². The quantitative estimate of drug-likeness (QED) is 0.678. The smallest absolute Gasteiger partial charge is 0.253 e. The molecule has 0 aromatic heterocycles. The molecule has 1 aliphatic rings. The van der Waals surface area contributed by atoms with Crippen molar-refractivity contribution in [1.29, 1.82) is 0 Å². The third-order valence-electron chi connectivity index (χ3n) is 5.62. The van der Waals surface area contributed by atoms with Crippen LogP contribution in [0.4, 0.5) is 0 Å². The number of benzene rings is 2. The summed E-state index contributed by atoms with van der Waals surface area (Å²) in [6, 6.07) is 15.7. The van der Waals surface area contributed by atoms with E-state index in [9.17, 15) is 14.4 Å². The lowest BCUT2D eigenvalue weighted by Crippen LogP contribution is -2.53. The topological polar surface area (TPSA) is 78.5 Å². The van der Waals surface area contributed by atoms with Crippen LogP contribution in [0.25, 0.3) is 0 Å². The number of rotatable bonds is 7. The average Bonchev–Trinajstić information content (AvgIpc) is 2.81. The van der Waals surface area contributed by atoms with Crippen LogP contribution in [0.2, 0.25) is 0 Å². The molecule has 1 heterocycles. The number of nitrogens with zero attached hydrogens (tertiary/aromatic N) is 1. The van der Waals surface area contributed by atoms with Gasteiger partial charge in [0.1, 0.15) is 6.04 Å². The molecule has 3 amide bonds. The van der Waals surface area contributed by atoms with Crippen molar-refractivity contribution in [3.05, 3.63) is 83.9 Å². The summed E-state index contributed by atoms with van der Waals surface area (Å²) in [5.41, 5.74) is 2.29. The summed E-state index contributed by atoms with van der Waals surface area (Å²) in [6.07, 6.45) is 2.88. The Labute approximate surface area is 183 Å². The van der Waals surface area contributed by atoms with Crippen molar-refractivity contribution in [2.24, 2.45) is 5.92 Å². The summed E-state index contributed by atoms with van der Waals surface area (Å²) in [5, 5.41) is 5.70. The van der Waals surface area contributed by atoms with Crippen molar-refractivity contribution < 1.29 is 14.4 Å². The number of amides is 3. The Morgan fingerprint density at radius 3 is 2.29 bits per heavy atom. The lowest BCUT2D eigenvalue weighted by atomic mass is 9.88. The largest absolute Gasteiger partial charge is 0.351 e. The van der Waals surface area contributed by atoms with Crippen molar-refractivity contribution in [2.45, 2.75) is 25.8 Å². The third kappa shape index (κ3) is 5.81. The molecule has 162 valence electrons. The van der Waals surface area contributed by atoms with Crippen molar-refractivity contribution in [3.8, 4) is 0 Å². The molecule has 3 rings (SSSR count). The first-order chi connectivity index (χ1) is 15.0. The number of likely N-dealkylation sites (tertiary alicyclic amines) is 1. The first-order valence-corrected chi connectivity index (χ1v) is 10.6. The molecule has 0 aliphatic carbocycles. The molecule has 1 aliphatic heterocycles. The Kier molecular flexibility index (Phi) is 7.60. The standard InChI is InChI=1S/C25H29N3O3/c1-3-15-26-24(30)22(27-23(29)20-7-5-4-6-8-20)19-13-16-28(17-14-19)25(31)21-11-9-18(2)10-12-21/h3-12,19,22H,1,13-17H2,2H3,(H,26,30)(H,27,29)/t22-/m0/s1. The van der Waals surface area contributed by atoms with E-state index in [1.807, 2.05) is 42.2 Å². The van der Waals surface area contributed by atoms with Gasteiger partial charge in [-0.2, -0.15) is 0 Å². The van der Waals surface area contributed by atoms with Crippen molar-refractivity contribution in [2.75, 3.05) is 19.6 Å². The van der Waals surface area contributed by atoms with Gasteiger partial charge in [-0.3, -0.25) is 14.4 Å². The molecule has 0 radical (unpaired) electrons. The van der Waals surface area contributed by atoms with E-state index in [1.165, 1.54) is 0 Å². The minimum atomic E-state index is -0.663. The van der Waals surface area contributed by atoms with E-state index in [4.69, 9.17) is 0 Å². The van der Waals surface area contributed by atoms with Crippen LogP contribution in [-0.2, 0) is 4.79 Å². The first-order valence-electron chi connectivity index (χ1n) is 10.6. The number of hydrogen-bond acceptors (Lipinski definition) is 3. The van der Waals surface area contributed by atoms with Crippen molar-refractivity contribution in [1.82, 2.24) is 15.5 Å². The summed E-state index contributed by atoms with van der Waals surface area (Å²) in [4.78, 5) is 40.1. The Hall–Kier alpha value is -3.41. The summed E-state index contributed by atoms with van der Waals surface area (Å²) in [7, 11) is 0. The fraction of sp³-hybridized carbons (Fsp3) is 0.320. The monoisotopic (exact) mass is 419 g/mol. The number of carbonyl (C=O) groups is 3. The summed E-state index contributed by atoms with van der Waals surface area (Å²) < 4.78 is 0. The predicted octanol–water partition coefficient (Wildman–Crippen LogP) is 2.95. The van der Waals surface area contributed by atoms with Crippen LogP contribution in [-0.4, -0.2) is 48.3 Å². The molecule has 1 fully saturated rings. The van der Waals surface area contributed by atoms with Crippen LogP contribution < -0.4 is 10.6 Å². The Morgan fingerprint density at radius 1 is 1.03 bits per heavy atom. The van der Waals surface area contributed by atoms with Crippen LogP contribution in [0, 0.1) is 12.8 Å². The van der Waals surface area contributed by atoms with Crippen LogP contribution in [0.5, 0.6) is 0 Å². The van der Waals surface area contributed by atoms with Gasteiger partial charge in [0.2, 0.25) is 5.91 Å². The zero-order valence-corrected chi connectivity index (χ0v) is 17.8. The van der Waals surface area contributed by atoms with Crippen LogP contribution in [0.1, 0.15) is 39.1 Å². The van der Waals surface area contributed by atoms with Crippen LogP contribution >= 0.6 is 0 Å². The van der Waals surface area contributed by atoms with Gasteiger partial charge >= 0.3 is 0 Å². The minimum Gasteiger partial charge on any atom is -0.351 e. The lowest BCUT2D eigenvalue weighted by Gasteiger charge is -2.35. The van der Waals surface area contributed by atoms with E-state index in [0.29, 0.717) is 43.6 Å². The van der Waals surface area contributed by atoms with Gasteiger partial charge in [0.15, 0.2) is 0 Å². The van der Waals surface area contributed by atoms with E-state index >= 15 is 0 Å². The van der Waals surface area contributed by atoms with E-state index in [-0.39, 0.29) is 23.6 Å². The first kappa shape index (κ1) is 22.3. The van der Waals surface area contributed by atoms with Gasteiger partial charge in [0.05, 0.1) is 0 Å². The summed E-state index contributed by atoms with van der Waals surface area (Å²) >= 11 is 0. The van der Waals surface area contributed by atoms with Gasteiger partial charge in [-0.25, -0.2) is 0 Å². The third-order valence-corrected chi connectivity index (χ3v) is 5.62. The van der Waals surface area contributed by atoms with Crippen molar-refractivity contribution >= 4 is 17.7 Å². The molecular formula is C25H29N3O3. The zero-order chi connectivity index (χ0) is 22.2. The number of hydrogen-bond donors (Lipinski definition) is 2. The van der Waals surface area contributed by atoms with Crippen LogP contribution in [0.3, 0.4) is 0 Å². The molecule has 2 aromatic carbocycles. The molecule has 2 aromatic rings. The maximum Gasteiger partial charge on any atom is 0.253 e. The van der Waals surface area contributed by atoms with E-state index in [2.05, 4.69) is 17.2 Å². The number of nitrogens with one attached hydrogen (secondary N) is 2. The second-order valence-corrected chi connectivity index (χ2v) is 7.85. The summed E-state index contributed by atoms with van der Waals surface area (Å²) in [6.45, 7) is 7.04. The molecule has 0 bridgehead atoms. The maximum absolute atomic E-state index is 12.8. The zero-order valence-electron chi connectivity index (χ0n) is 17.8. The highest BCUT2D eigenvalue weighted by molar-refractivity contribution is 5.97. The second-order valence-electron chi connectivity index (χ2n) is 7.85. The predicted molar refractivity (Wildman–Crippen MR) is 121 cm³/mol. The highest BCUT2D eigenvalue weighted by Gasteiger charge is 2.34. The molecule has 0 spiro atoms. The average molecular weight is 420 g/mol. The minimum absolute atomic E-state index is 0.000528. The number of aryl methyl sites for hydroxylation is 1. The van der Waals surface area contributed by atoms with E-state index in [0.717, 1.165) is 5.56 Å². The lowest BCUT2D eigenvalue weighted by molar-refractivity contribution is -0.124.